The van der Waals surface area contributed by atoms with Gasteiger partial charge < -0.3 is 9.72 Å². The van der Waals surface area contributed by atoms with E-state index in [4.69, 9.17) is 4.74 Å². The van der Waals surface area contributed by atoms with E-state index in [9.17, 15) is 0 Å². The highest BCUT2D eigenvalue weighted by Gasteiger charge is 2.05. The van der Waals surface area contributed by atoms with Crippen LogP contribution in [0.4, 0.5) is 0 Å². The topological polar surface area (TPSA) is 37.9 Å². The third-order valence-corrected chi connectivity index (χ3v) is 3.60. The van der Waals surface area contributed by atoms with Crippen LogP contribution in [-0.2, 0) is 0 Å². The van der Waals surface area contributed by atoms with E-state index in [0.717, 1.165) is 46.5 Å². The van der Waals surface area contributed by atoms with Crippen molar-refractivity contribution < 1.29 is 4.74 Å². The summed E-state index contributed by atoms with van der Waals surface area (Å²) in [5, 5.41) is 0.955. The van der Waals surface area contributed by atoms with E-state index in [1.54, 1.807) is 0 Å². The number of alkyl halides is 1. The van der Waals surface area contributed by atoms with Gasteiger partial charge in [0.2, 0.25) is 0 Å². The molecule has 0 bridgehead atoms. The summed E-state index contributed by atoms with van der Waals surface area (Å²) in [5.41, 5.74) is 3.07. The first-order valence-electron chi connectivity index (χ1n) is 6.61. The number of aromatic nitrogens is 2. The van der Waals surface area contributed by atoms with Crippen LogP contribution in [0, 0.1) is 0 Å². The molecule has 3 rings (SSSR count). The first-order chi connectivity index (χ1) is 9.86. The number of fused-ring (bicyclic) bond motifs is 1. The summed E-state index contributed by atoms with van der Waals surface area (Å²) in [6.45, 7) is 0.717. The van der Waals surface area contributed by atoms with Gasteiger partial charge in [-0.15, -0.1) is 0 Å². The lowest BCUT2D eigenvalue weighted by molar-refractivity contribution is 0.319. The van der Waals surface area contributed by atoms with Gasteiger partial charge in [-0.1, -0.05) is 40.2 Å². The maximum absolute atomic E-state index is 5.71. The number of hydrogen-bond donors (Lipinski definition) is 1. The highest BCUT2D eigenvalue weighted by atomic mass is 79.9. The van der Waals surface area contributed by atoms with E-state index in [1.165, 1.54) is 0 Å². The molecule has 1 heterocycles. The van der Waals surface area contributed by atoms with Crippen LogP contribution in [0.1, 0.15) is 6.42 Å². The molecule has 0 amide bonds. The molecule has 102 valence electrons. The number of imidazole rings is 1. The Balaban J connectivity index is 1.87. The number of rotatable bonds is 5. The van der Waals surface area contributed by atoms with Gasteiger partial charge in [-0.2, -0.15) is 0 Å². The Bertz CT molecular complexity index is 675. The summed E-state index contributed by atoms with van der Waals surface area (Å²) in [5.74, 6) is 1.75. The molecule has 3 aromatic rings. The van der Waals surface area contributed by atoms with Crippen molar-refractivity contribution in [2.45, 2.75) is 6.42 Å². The van der Waals surface area contributed by atoms with E-state index >= 15 is 0 Å². The van der Waals surface area contributed by atoms with Crippen LogP contribution in [0.15, 0.2) is 48.5 Å². The summed E-state index contributed by atoms with van der Waals surface area (Å²) in [6.07, 6.45) is 0.995. The molecule has 20 heavy (non-hydrogen) atoms. The van der Waals surface area contributed by atoms with Crippen LogP contribution in [0.2, 0.25) is 0 Å². The fraction of sp³-hybridized carbons (Fsp3) is 0.188. The number of nitrogens with zero attached hydrogens (tertiary/aromatic N) is 1. The zero-order chi connectivity index (χ0) is 13.8. The molecule has 0 aliphatic carbocycles. The highest BCUT2D eigenvalue weighted by Crippen LogP contribution is 2.24. The van der Waals surface area contributed by atoms with Crippen LogP contribution in [-0.4, -0.2) is 21.9 Å². The number of halogens is 1. The Morgan fingerprint density at radius 2 is 2.00 bits per heavy atom. The van der Waals surface area contributed by atoms with Crippen LogP contribution in [0.25, 0.3) is 22.4 Å². The number of benzene rings is 2. The minimum Gasteiger partial charge on any atom is -0.494 e. The molecule has 1 aromatic heterocycles. The van der Waals surface area contributed by atoms with Crippen molar-refractivity contribution >= 4 is 27.0 Å². The average Bonchev–Trinajstić information content (AvgIpc) is 2.92. The van der Waals surface area contributed by atoms with Gasteiger partial charge in [0.05, 0.1) is 17.6 Å². The molecule has 0 aliphatic heterocycles. The van der Waals surface area contributed by atoms with Crippen LogP contribution in [0.3, 0.4) is 0 Å². The summed E-state index contributed by atoms with van der Waals surface area (Å²) in [6, 6.07) is 16.1. The van der Waals surface area contributed by atoms with Gasteiger partial charge in [0, 0.05) is 10.9 Å². The number of para-hydroxylation sites is 2. The van der Waals surface area contributed by atoms with Gasteiger partial charge in [0.25, 0.3) is 0 Å². The Morgan fingerprint density at radius 3 is 2.85 bits per heavy atom. The van der Waals surface area contributed by atoms with E-state index in [2.05, 4.69) is 25.9 Å². The molecule has 0 atom stereocenters. The molecule has 0 aliphatic rings. The fourth-order valence-electron chi connectivity index (χ4n) is 2.07. The number of hydrogen-bond acceptors (Lipinski definition) is 2. The summed E-state index contributed by atoms with van der Waals surface area (Å²) in [7, 11) is 0. The molecule has 0 spiro atoms. The van der Waals surface area contributed by atoms with E-state index in [0.29, 0.717) is 0 Å². The van der Waals surface area contributed by atoms with Gasteiger partial charge in [0.1, 0.15) is 11.6 Å². The predicted molar refractivity (Wildman–Crippen MR) is 85.4 cm³/mol. The van der Waals surface area contributed by atoms with Crippen LogP contribution in [0.5, 0.6) is 5.75 Å². The van der Waals surface area contributed by atoms with Gasteiger partial charge in [-0.3, -0.25) is 0 Å². The van der Waals surface area contributed by atoms with Gasteiger partial charge in [-0.05, 0) is 30.7 Å². The molecule has 0 unspecified atom stereocenters. The Hall–Kier alpha value is -1.81. The van der Waals surface area contributed by atoms with E-state index in [-0.39, 0.29) is 0 Å². The minimum absolute atomic E-state index is 0.717. The lowest BCUT2D eigenvalue weighted by atomic mass is 10.2. The largest absolute Gasteiger partial charge is 0.494 e. The summed E-state index contributed by atoms with van der Waals surface area (Å²) >= 11 is 3.40. The van der Waals surface area contributed by atoms with Crippen molar-refractivity contribution in [2.75, 3.05) is 11.9 Å². The smallest absolute Gasteiger partial charge is 0.138 e. The first kappa shape index (κ1) is 13.2. The minimum atomic E-state index is 0.717. The van der Waals surface area contributed by atoms with Crippen molar-refractivity contribution in [3.05, 3.63) is 48.5 Å². The zero-order valence-corrected chi connectivity index (χ0v) is 12.6. The molecule has 0 radical (unpaired) electrons. The molecule has 0 saturated carbocycles. The maximum Gasteiger partial charge on any atom is 0.138 e. The Morgan fingerprint density at radius 1 is 1.10 bits per heavy atom. The predicted octanol–water partition coefficient (Wildman–Crippen LogP) is 4.39. The van der Waals surface area contributed by atoms with Crippen molar-refractivity contribution in [3.8, 4) is 17.1 Å². The van der Waals surface area contributed by atoms with Gasteiger partial charge in [0.15, 0.2) is 0 Å². The second-order valence-electron chi connectivity index (χ2n) is 4.52. The van der Waals surface area contributed by atoms with E-state index < -0.39 is 0 Å². The zero-order valence-electron chi connectivity index (χ0n) is 11.0. The first-order valence-corrected chi connectivity index (χ1v) is 7.73. The highest BCUT2D eigenvalue weighted by molar-refractivity contribution is 9.09. The Labute approximate surface area is 126 Å². The fourth-order valence-corrected chi connectivity index (χ4v) is 2.30. The molecular weight excluding hydrogens is 316 g/mol. The van der Waals surface area contributed by atoms with Gasteiger partial charge >= 0.3 is 0 Å². The molecule has 4 heteroatoms. The lowest BCUT2D eigenvalue weighted by Gasteiger charge is -2.06. The van der Waals surface area contributed by atoms with Crippen molar-refractivity contribution in [2.24, 2.45) is 0 Å². The number of H-pyrrole nitrogens is 1. The van der Waals surface area contributed by atoms with Crippen LogP contribution >= 0.6 is 15.9 Å². The molecule has 3 nitrogen and oxygen atoms in total. The summed E-state index contributed by atoms with van der Waals surface area (Å²) in [4.78, 5) is 7.93. The maximum atomic E-state index is 5.71. The average molecular weight is 331 g/mol. The molecule has 1 N–H and O–H groups in total. The Kier molecular flexibility index (Phi) is 4.02. The van der Waals surface area contributed by atoms with Crippen molar-refractivity contribution in [1.29, 1.82) is 0 Å². The second kappa shape index (κ2) is 6.09. The number of nitrogens with one attached hydrogen (secondary N) is 1. The van der Waals surface area contributed by atoms with E-state index in [1.807, 2.05) is 48.5 Å². The normalized spacial score (nSPS) is 10.8. The molecule has 2 aromatic carbocycles. The molecule has 0 saturated heterocycles. The third kappa shape index (κ3) is 2.85. The SMILES string of the molecule is BrCCCOc1cccc(-c2nc3ccccc3[nH]2)c1. The quantitative estimate of drug-likeness (QED) is 0.556. The third-order valence-electron chi connectivity index (χ3n) is 3.04. The number of ether oxygens (including phenoxy) is 1. The number of aromatic amines is 1. The van der Waals surface area contributed by atoms with Crippen molar-refractivity contribution in [3.63, 3.8) is 0 Å². The lowest BCUT2D eigenvalue weighted by Crippen LogP contribution is -1.97. The summed E-state index contributed by atoms with van der Waals surface area (Å²) < 4.78 is 5.71. The van der Waals surface area contributed by atoms with Crippen LogP contribution < -0.4 is 4.74 Å². The standard InChI is InChI=1S/C16H15BrN2O/c17-9-4-10-20-13-6-3-5-12(11-13)16-18-14-7-1-2-8-15(14)19-16/h1-3,5-8,11H,4,9-10H2,(H,18,19). The molecule has 0 fully saturated rings. The molecular formula is C16H15BrN2O. The van der Waals surface area contributed by atoms with Gasteiger partial charge in [-0.25, -0.2) is 4.98 Å². The second-order valence-corrected chi connectivity index (χ2v) is 5.31. The monoisotopic (exact) mass is 330 g/mol. The van der Waals surface area contributed by atoms with Crippen molar-refractivity contribution in [1.82, 2.24) is 9.97 Å².